The highest BCUT2D eigenvalue weighted by molar-refractivity contribution is 6.30. The summed E-state index contributed by atoms with van der Waals surface area (Å²) in [7, 11) is 0. The van der Waals surface area contributed by atoms with E-state index in [1.165, 1.54) is 0 Å². The lowest BCUT2D eigenvalue weighted by atomic mass is 10.1. The first-order valence-electron chi connectivity index (χ1n) is 3.49. The third-order valence-electron chi connectivity index (χ3n) is 1.56. The van der Waals surface area contributed by atoms with Crippen LogP contribution in [-0.2, 0) is 0 Å². The van der Waals surface area contributed by atoms with Crippen molar-refractivity contribution in [3.63, 3.8) is 0 Å². The van der Waals surface area contributed by atoms with Crippen LogP contribution in [0.4, 0.5) is 0 Å². The maximum absolute atomic E-state index is 5.73. The molecular formula is C8H12Cl2N2. The Bertz CT molecular complexity index is 261. The number of aromatic nitrogens is 1. The van der Waals surface area contributed by atoms with Crippen LogP contribution in [0.3, 0.4) is 0 Å². The fraction of sp³-hybridized carbons (Fsp3) is 0.375. The summed E-state index contributed by atoms with van der Waals surface area (Å²) < 4.78 is 0. The molecule has 0 aliphatic heterocycles. The van der Waals surface area contributed by atoms with E-state index < -0.39 is 0 Å². The van der Waals surface area contributed by atoms with Gasteiger partial charge < -0.3 is 5.73 Å². The summed E-state index contributed by atoms with van der Waals surface area (Å²) in [6.07, 6.45) is 1.71. The SMILES string of the molecule is Cc1cc(C(C)N)cnc1Cl.Cl. The van der Waals surface area contributed by atoms with Crippen LogP contribution in [0, 0.1) is 6.92 Å². The Balaban J connectivity index is 0.00000121. The van der Waals surface area contributed by atoms with Gasteiger partial charge in [0.15, 0.2) is 0 Å². The van der Waals surface area contributed by atoms with E-state index in [0.29, 0.717) is 5.15 Å². The predicted molar refractivity (Wildman–Crippen MR) is 53.8 cm³/mol. The highest BCUT2D eigenvalue weighted by Crippen LogP contribution is 2.15. The van der Waals surface area contributed by atoms with Crippen molar-refractivity contribution in [1.29, 1.82) is 0 Å². The molecule has 0 saturated heterocycles. The van der Waals surface area contributed by atoms with Crippen molar-refractivity contribution in [3.05, 3.63) is 28.5 Å². The van der Waals surface area contributed by atoms with Crippen molar-refractivity contribution in [2.24, 2.45) is 5.73 Å². The van der Waals surface area contributed by atoms with Crippen molar-refractivity contribution in [2.45, 2.75) is 19.9 Å². The van der Waals surface area contributed by atoms with Gasteiger partial charge in [-0.1, -0.05) is 11.6 Å². The van der Waals surface area contributed by atoms with E-state index in [1.807, 2.05) is 19.9 Å². The summed E-state index contributed by atoms with van der Waals surface area (Å²) in [4.78, 5) is 3.99. The molecular weight excluding hydrogens is 195 g/mol. The van der Waals surface area contributed by atoms with E-state index in [-0.39, 0.29) is 18.4 Å². The summed E-state index contributed by atoms with van der Waals surface area (Å²) in [5, 5.41) is 0.550. The number of pyridine rings is 1. The van der Waals surface area contributed by atoms with E-state index in [9.17, 15) is 0 Å². The second-order valence-corrected chi connectivity index (χ2v) is 3.02. The Morgan fingerprint density at radius 3 is 2.58 bits per heavy atom. The van der Waals surface area contributed by atoms with Gasteiger partial charge in [-0.05, 0) is 31.0 Å². The molecule has 2 N–H and O–H groups in total. The van der Waals surface area contributed by atoms with Gasteiger partial charge in [0.1, 0.15) is 5.15 Å². The maximum atomic E-state index is 5.73. The van der Waals surface area contributed by atoms with Crippen LogP contribution in [-0.4, -0.2) is 4.98 Å². The molecule has 0 amide bonds. The Hall–Kier alpha value is -0.310. The molecule has 1 unspecified atom stereocenters. The Kier molecular flexibility index (Phi) is 4.53. The van der Waals surface area contributed by atoms with Crippen molar-refractivity contribution in [3.8, 4) is 0 Å². The number of hydrogen-bond donors (Lipinski definition) is 1. The minimum atomic E-state index is 0. The summed E-state index contributed by atoms with van der Waals surface area (Å²) in [6.45, 7) is 3.84. The van der Waals surface area contributed by atoms with E-state index in [1.54, 1.807) is 6.20 Å². The van der Waals surface area contributed by atoms with Gasteiger partial charge in [-0.25, -0.2) is 4.98 Å². The van der Waals surface area contributed by atoms with Gasteiger partial charge in [0, 0.05) is 12.2 Å². The summed E-state index contributed by atoms with van der Waals surface area (Å²) >= 11 is 5.73. The molecule has 68 valence electrons. The van der Waals surface area contributed by atoms with E-state index in [2.05, 4.69) is 4.98 Å². The van der Waals surface area contributed by atoms with Crippen molar-refractivity contribution in [1.82, 2.24) is 4.98 Å². The molecule has 0 saturated carbocycles. The lowest BCUT2D eigenvalue weighted by Gasteiger charge is -2.05. The lowest BCUT2D eigenvalue weighted by molar-refractivity contribution is 0.810. The normalized spacial score (nSPS) is 12.0. The number of rotatable bonds is 1. The summed E-state index contributed by atoms with van der Waals surface area (Å²) in [5.74, 6) is 0. The fourth-order valence-corrected chi connectivity index (χ4v) is 0.932. The fourth-order valence-electron chi connectivity index (χ4n) is 0.829. The Labute approximate surface area is 83.5 Å². The smallest absolute Gasteiger partial charge is 0.131 e. The van der Waals surface area contributed by atoms with Gasteiger partial charge in [-0.15, -0.1) is 12.4 Å². The monoisotopic (exact) mass is 206 g/mol. The van der Waals surface area contributed by atoms with Gasteiger partial charge in [0.25, 0.3) is 0 Å². The Morgan fingerprint density at radius 1 is 1.58 bits per heavy atom. The van der Waals surface area contributed by atoms with Gasteiger partial charge in [0.05, 0.1) is 0 Å². The minimum Gasteiger partial charge on any atom is -0.324 e. The number of aryl methyl sites for hydroxylation is 1. The molecule has 1 rings (SSSR count). The van der Waals surface area contributed by atoms with Gasteiger partial charge >= 0.3 is 0 Å². The van der Waals surface area contributed by atoms with Gasteiger partial charge in [-0.3, -0.25) is 0 Å². The quantitative estimate of drug-likeness (QED) is 0.718. The van der Waals surface area contributed by atoms with Crippen LogP contribution in [0.5, 0.6) is 0 Å². The second kappa shape index (κ2) is 4.65. The zero-order valence-corrected chi connectivity index (χ0v) is 8.62. The summed E-state index contributed by atoms with van der Waals surface area (Å²) in [5.41, 5.74) is 7.64. The molecule has 0 aliphatic carbocycles. The highest BCUT2D eigenvalue weighted by atomic mass is 35.5. The molecule has 0 bridgehead atoms. The average Bonchev–Trinajstić information content (AvgIpc) is 1.94. The minimum absolute atomic E-state index is 0. The topological polar surface area (TPSA) is 38.9 Å². The average molecular weight is 207 g/mol. The van der Waals surface area contributed by atoms with Crippen LogP contribution in [0.1, 0.15) is 24.1 Å². The van der Waals surface area contributed by atoms with Gasteiger partial charge in [-0.2, -0.15) is 0 Å². The van der Waals surface area contributed by atoms with Crippen molar-refractivity contribution in [2.75, 3.05) is 0 Å². The molecule has 1 aromatic rings. The zero-order chi connectivity index (χ0) is 8.43. The third-order valence-corrected chi connectivity index (χ3v) is 1.96. The molecule has 0 aliphatic rings. The predicted octanol–water partition coefficient (Wildman–Crippen LogP) is 2.48. The van der Waals surface area contributed by atoms with Crippen LogP contribution >= 0.6 is 24.0 Å². The number of nitrogens with two attached hydrogens (primary N) is 1. The first-order chi connectivity index (χ1) is 5.11. The van der Waals surface area contributed by atoms with Crippen LogP contribution < -0.4 is 5.73 Å². The summed E-state index contributed by atoms with van der Waals surface area (Å²) in [6, 6.07) is 1.98. The van der Waals surface area contributed by atoms with Gasteiger partial charge in [0.2, 0.25) is 0 Å². The number of hydrogen-bond acceptors (Lipinski definition) is 2. The molecule has 0 radical (unpaired) electrons. The van der Waals surface area contributed by atoms with E-state index in [4.69, 9.17) is 17.3 Å². The van der Waals surface area contributed by atoms with Crippen LogP contribution in [0.15, 0.2) is 12.3 Å². The standard InChI is InChI=1S/C8H11ClN2.ClH/c1-5-3-7(6(2)10)4-11-8(5)9;/h3-4,6H,10H2,1-2H3;1H. The van der Waals surface area contributed by atoms with Crippen molar-refractivity contribution < 1.29 is 0 Å². The molecule has 0 aromatic carbocycles. The van der Waals surface area contributed by atoms with E-state index in [0.717, 1.165) is 11.1 Å². The third kappa shape index (κ3) is 2.63. The molecule has 12 heavy (non-hydrogen) atoms. The zero-order valence-electron chi connectivity index (χ0n) is 7.04. The first-order valence-corrected chi connectivity index (χ1v) is 3.86. The second-order valence-electron chi connectivity index (χ2n) is 2.67. The highest BCUT2D eigenvalue weighted by Gasteiger charge is 2.01. The largest absolute Gasteiger partial charge is 0.324 e. The lowest BCUT2D eigenvalue weighted by Crippen LogP contribution is -2.05. The molecule has 2 nitrogen and oxygen atoms in total. The molecule has 1 heterocycles. The maximum Gasteiger partial charge on any atom is 0.131 e. The molecule has 4 heteroatoms. The first kappa shape index (κ1) is 11.7. The molecule has 1 aromatic heterocycles. The van der Waals surface area contributed by atoms with Crippen LogP contribution in [0.25, 0.3) is 0 Å². The van der Waals surface area contributed by atoms with Crippen molar-refractivity contribution >= 4 is 24.0 Å². The van der Waals surface area contributed by atoms with E-state index >= 15 is 0 Å². The number of nitrogens with zero attached hydrogens (tertiary/aromatic N) is 1. The molecule has 0 spiro atoms. The van der Waals surface area contributed by atoms with Crippen LogP contribution in [0.2, 0.25) is 5.15 Å². The number of halogens is 2. The molecule has 0 fully saturated rings. The Morgan fingerprint density at radius 2 is 2.17 bits per heavy atom. The molecule has 1 atom stereocenters.